The fraction of sp³-hybridized carbons (Fsp3) is 0.444. The summed E-state index contributed by atoms with van der Waals surface area (Å²) < 4.78 is 0. The second-order valence-electron chi connectivity index (χ2n) is 3.08. The summed E-state index contributed by atoms with van der Waals surface area (Å²) >= 11 is 0. The summed E-state index contributed by atoms with van der Waals surface area (Å²) in [6.07, 6.45) is 3.77. The van der Waals surface area contributed by atoms with Gasteiger partial charge in [-0.2, -0.15) is 0 Å². The van der Waals surface area contributed by atoms with Gasteiger partial charge < -0.3 is 4.90 Å². The van der Waals surface area contributed by atoms with Crippen LogP contribution in [-0.2, 0) is 0 Å². The smallest absolute Gasteiger partial charge is 0.0683 e. The highest BCUT2D eigenvalue weighted by atomic mass is 15.3. The molecule has 1 aliphatic rings. The Morgan fingerprint density at radius 1 is 1.58 bits per heavy atom. The largest absolute Gasteiger partial charge is 0.356 e. The molecule has 1 aliphatic heterocycles. The standard InChI is InChI=1S/C9H13N3/c1-8-2-3-10-6-9(8)12-5-4-11-7-12/h2-3,6,11H,4-5,7H2,1H3. The second kappa shape index (κ2) is 3.11. The first kappa shape index (κ1) is 7.55. The highest BCUT2D eigenvalue weighted by Gasteiger charge is 2.12. The van der Waals surface area contributed by atoms with Crippen molar-refractivity contribution in [3.63, 3.8) is 0 Å². The molecule has 1 aromatic rings. The van der Waals surface area contributed by atoms with Crippen LogP contribution in [0.3, 0.4) is 0 Å². The number of nitrogens with one attached hydrogen (secondary N) is 1. The summed E-state index contributed by atoms with van der Waals surface area (Å²) in [5.74, 6) is 0. The van der Waals surface area contributed by atoms with E-state index in [0.29, 0.717) is 0 Å². The molecule has 0 aliphatic carbocycles. The Bertz CT molecular complexity index is 266. The molecule has 64 valence electrons. The fourth-order valence-corrected chi connectivity index (χ4v) is 1.50. The van der Waals surface area contributed by atoms with Crippen molar-refractivity contribution in [1.29, 1.82) is 0 Å². The summed E-state index contributed by atoms with van der Waals surface area (Å²) in [4.78, 5) is 6.43. The van der Waals surface area contributed by atoms with Crippen molar-refractivity contribution in [3.8, 4) is 0 Å². The number of aromatic nitrogens is 1. The predicted octanol–water partition coefficient (Wildman–Crippen LogP) is 0.757. The van der Waals surface area contributed by atoms with Crippen LogP contribution in [0.25, 0.3) is 0 Å². The molecule has 12 heavy (non-hydrogen) atoms. The third-order valence-corrected chi connectivity index (χ3v) is 2.21. The van der Waals surface area contributed by atoms with Crippen LogP contribution in [0.15, 0.2) is 18.5 Å². The minimum atomic E-state index is 0.951. The van der Waals surface area contributed by atoms with Gasteiger partial charge in [0.15, 0.2) is 0 Å². The number of anilines is 1. The number of hydrogen-bond acceptors (Lipinski definition) is 3. The Morgan fingerprint density at radius 2 is 2.50 bits per heavy atom. The number of pyridine rings is 1. The first-order chi connectivity index (χ1) is 5.88. The molecule has 2 rings (SSSR count). The molecule has 1 fully saturated rings. The van der Waals surface area contributed by atoms with Crippen LogP contribution in [0.1, 0.15) is 5.56 Å². The Morgan fingerprint density at radius 3 is 3.17 bits per heavy atom. The molecule has 0 amide bonds. The Kier molecular flexibility index (Phi) is 1.96. The van der Waals surface area contributed by atoms with Gasteiger partial charge in [0.25, 0.3) is 0 Å². The van der Waals surface area contributed by atoms with Crippen LogP contribution >= 0.6 is 0 Å². The molecule has 1 N–H and O–H groups in total. The van der Waals surface area contributed by atoms with Crippen LogP contribution < -0.4 is 10.2 Å². The molecule has 0 radical (unpaired) electrons. The van der Waals surface area contributed by atoms with Crippen LogP contribution in [0.5, 0.6) is 0 Å². The zero-order valence-corrected chi connectivity index (χ0v) is 7.25. The van der Waals surface area contributed by atoms with Gasteiger partial charge in [-0.1, -0.05) is 0 Å². The average Bonchev–Trinajstić information content (AvgIpc) is 2.57. The number of hydrogen-bond donors (Lipinski definition) is 1. The van der Waals surface area contributed by atoms with Gasteiger partial charge in [0.1, 0.15) is 0 Å². The quantitative estimate of drug-likeness (QED) is 0.662. The van der Waals surface area contributed by atoms with E-state index in [9.17, 15) is 0 Å². The molecule has 3 nitrogen and oxygen atoms in total. The maximum atomic E-state index is 4.12. The summed E-state index contributed by atoms with van der Waals surface area (Å²) in [5.41, 5.74) is 2.55. The minimum absolute atomic E-state index is 0.951. The molecule has 0 bridgehead atoms. The lowest BCUT2D eigenvalue weighted by Gasteiger charge is -2.17. The molecule has 0 saturated carbocycles. The predicted molar refractivity (Wildman–Crippen MR) is 49.2 cm³/mol. The van der Waals surface area contributed by atoms with Gasteiger partial charge in [0.05, 0.1) is 18.6 Å². The summed E-state index contributed by atoms with van der Waals surface area (Å²) in [7, 11) is 0. The minimum Gasteiger partial charge on any atom is -0.356 e. The van der Waals surface area contributed by atoms with Gasteiger partial charge in [-0.25, -0.2) is 0 Å². The SMILES string of the molecule is Cc1ccncc1N1CCNC1. The topological polar surface area (TPSA) is 28.2 Å². The Balaban J connectivity index is 2.26. The Labute approximate surface area is 72.4 Å². The number of rotatable bonds is 1. The molecule has 0 unspecified atom stereocenters. The lowest BCUT2D eigenvalue weighted by Crippen LogP contribution is -2.21. The monoisotopic (exact) mass is 163 g/mol. The molecule has 3 heteroatoms. The van der Waals surface area contributed by atoms with Crippen molar-refractivity contribution in [2.45, 2.75) is 6.92 Å². The lowest BCUT2D eigenvalue weighted by atomic mass is 10.2. The van der Waals surface area contributed by atoms with Gasteiger partial charge in [0, 0.05) is 19.3 Å². The normalized spacial score (nSPS) is 16.9. The summed E-state index contributed by atoms with van der Waals surface area (Å²) in [6.45, 7) is 5.24. The molecule has 0 aromatic carbocycles. The van der Waals surface area contributed by atoms with Crippen molar-refractivity contribution < 1.29 is 0 Å². The molecule has 1 saturated heterocycles. The Hall–Kier alpha value is -1.09. The first-order valence-electron chi connectivity index (χ1n) is 4.24. The van der Waals surface area contributed by atoms with Gasteiger partial charge in [-0.3, -0.25) is 10.3 Å². The van der Waals surface area contributed by atoms with Crippen LogP contribution in [0, 0.1) is 6.92 Å². The van der Waals surface area contributed by atoms with Gasteiger partial charge in [-0.05, 0) is 18.6 Å². The molecular weight excluding hydrogens is 150 g/mol. The number of nitrogens with zero attached hydrogens (tertiary/aromatic N) is 2. The van der Waals surface area contributed by atoms with Crippen LogP contribution in [-0.4, -0.2) is 24.7 Å². The molecule has 0 atom stereocenters. The van der Waals surface area contributed by atoms with Crippen molar-refractivity contribution in [2.75, 3.05) is 24.7 Å². The van der Waals surface area contributed by atoms with Crippen molar-refractivity contribution in [2.24, 2.45) is 0 Å². The fourth-order valence-electron chi connectivity index (χ4n) is 1.50. The summed E-state index contributed by atoms with van der Waals surface area (Å²) in [6, 6.07) is 2.05. The van der Waals surface area contributed by atoms with Crippen molar-refractivity contribution >= 4 is 5.69 Å². The van der Waals surface area contributed by atoms with E-state index in [1.54, 1.807) is 0 Å². The molecule has 1 aromatic heterocycles. The van der Waals surface area contributed by atoms with Crippen molar-refractivity contribution in [1.82, 2.24) is 10.3 Å². The van der Waals surface area contributed by atoms with Gasteiger partial charge in [0.2, 0.25) is 0 Å². The first-order valence-corrected chi connectivity index (χ1v) is 4.24. The lowest BCUT2D eigenvalue weighted by molar-refractivity contribution is 0.853. The van der Waals surface area contributed by atoms with Crippen LogP contribution in [0.4, 0.5) is 5.69 Å². The molecular formula is C9H13N3. The maximum absolute atomic E-state index is 4.12. The third-order valence-electron chi connectivity index (χ3n) is 2.21. The van der Waals surface area contributed by atoms with E-state index in [1.807, 2.05) is 18.5 Å². The molecule has 0 spiro atoms. The highest BCUT2D eigenvalue weighted by Crippen LogP contribution is 2.17. The van der Waals surface area contributed by atoms with E-state index in [1.165, 1.54) is 11.3 Å². The summed E-state index contributed by atoms with van der Waals surface area (Å²) in [5, 5.41) is 3.30. The average molecular weight is 163 g/mol. The zero-order chi connectivity index (χ0) is 8.39. The van der Waals surface area contributed by atoms with Crippen LogP contribution in [0.2, 0.25) is 0 Å². The second-order valence-corrected chi connectivity index (χ2v) is 3.08. The van der Waals surface area contributed by atoms with E-state index in [2.05, 4.69) is 22.1 Å². The third kappa shape index (κ3) is 1.28. The van der Waals surface area contributed by atoms with E-state index in [4.69, 9.17) is 0 Å². The van der Waals surface area contributed by atoms with E-state index in [0.717, 1.165) is 19.8 Å². The van der Waals surface area contributed by atoms with E-state index >= 15 is 0 Å². The maximum Gasteiger partial charge on any atom is 0.0683 e. The van der Waals surface area contributed by atoms with E-state index < -0.39 is 0 Å². The zero-order valence-electron chi connectivity index (χ0n) is 7.25. The van der Waals surface area contributed by atoms with Gasteiger partial charge >= 0.3 is 0 Å². The van der Waals surface area contributed by atoms with Gasteiger partial charge in [-0.15, -0.1) is 0 Å². The number of aryl methyl sites for hydroxylation is 1. The highest BCUT2D eigenvalue weighted by molar-refractivity contribution is 5.51. The van der Waals surface area contributed by atoms with Crippen molar-refractivity contribution in [3.05, 3.63) is 24.0 Å². The molecule has 2 heterocycles. The van der Waals surface area contributed by atoms with E-state index in [-0.39, 0.29) is 0 Å².